The zero-order chi connectivity index (χ0) is 19.7. The van der Waals surface area contributed by atoms with Crippen LogP contribution in [-0.4, -0.2) is 61.3 Å². The number of anilines is 1. The van der Waals surface area contributed by atoms with E-state index < -0.39 is 0 Å². The lowest BCUT2D eigenvalue weighted by Gasteiger charge is -2.35. The highest BCUT2D eigenvalue weighted by Gasteiger charge is 2.25. The van der Waals surface area contributed by atoms with Crippen molar-refractivity contribution in [1.82, 2.24) is 29.2 Å². The Hall–Kier alpha value is -3.49. The van der Waals surface area contributed by atoms with E-state index in [9.17, 15) is 9.59 Å². The second-order valence-electron chi connectivity index (χ2n) is 6.75. The second-order valence-corrected chi connectivity index (χ2v) is 6.75. The Morgan fingerprint density at radius 3 is 2.50 bits per heavy atom. The Bertz CT molecular complexity index is 1060. The fourth-order valence-electron chi connectivity index (χ4n) is 3.25. The summed E-state index contributed by atoms with van der Waals surface area (Å²) in [7, 11) is 1.64. The van der Waals surface area contributed by atoms with Crippen molar-refractivity contribution in [2.45, 2.75) is 6.92 Å². The van der Waals surface area contributed by atoms with Crippen LogP contribution in [0.25, 0.3) is 5.82 Å². The van der Waals surface area contributed by atoms with Crippen LogP contribution in [0.1, 0.15) is 16.1 Å². The molecule has 0 N–H and O–H groups in total. The Balaban J connectivity index is 1.46. The molecular weight excluding hydrogens is 358 g/mol. The van der Waals surface area contributed by atoms with Gasteiger partial charge in [0.15, 0.2) is 5.82 Å². The van der Waals surface area contributed by atoms with Gasteiger partial charge >= 0.3 is 0 Å². The summed E-state index contributed by atoms with van der Waals surface area (Å²) in [6, 6.07) is 7.10. The maximum atomic E-state index is 12.7. The van der Waals surface area contributed by atoms with Crippen LogP contribution in [0.4, 0.5) is 5.82 Å². The lowest BCUT2D eigenvalue weighted by atomic mass is 10.2. The normalized spacial score (nSPS) is 14.4. The molecule has 0 radical (unpaired) electrons. The number of pyridine rings is 1. The number of aryl methyl sites for hydroxylation is 2. The van der Waals surface area contributed by atoms with Crippen LogP contribution in [-0.2, 0) is 7.05 Å². The molecule has 0 aromatic carbocycles. The van der Waals surface area contributed by atoms with Gasteiger partial charge in [0.25, 0.3) is 11.5 Å². The number of aromatic nitrogens is 5. The molecule has 1 fully saturated rings. The third-order valence-electron chi connectivity index (χ3n) is 4.84. The number of hydrogen-bond acceptors (Lipinski definition) is 6. The molecule has 0 unspecified atom stereocenters. The molecule has 0 bridgehead atoms. The van der Waals surface area contributed by atoms with Crippen molar-refractivity contribution < 1.29 is 4.79 Å². The molecule has 3 aromatic heterocycles. The second kappa shape index (κ2) is 7.26. The van der Waals surface area contributed by atoms with Gasteiger partial charge in [-0.25, -0.2) is 14.6 Å². The first-order valence-corrected chi connectivity index (χ1v) is 9.07. The number of carbonyl (C=O) groups excluding carboxylic acids is 1. The molecule has 0 aliphatic carbocycles. The molecule has 0 atom stereocenters. The highest BCUT2D eigenvalue weighted by molar-refractivity contribution is 5.94. The molecule has 1 saturated heterocycles. The highest BCUT2D eigenvalue weighted by Crippen LogP contribution is 2.16. The van der Waals surface area contributed by atoms with Gasteiger partial charge in [0.1, 0.15) is 17.7 Å². The fraction of sp³-hybridized carbons (Fsp3) is 0.316. The molecule has 9 heteroatoms. The van der Waals surface area contributed by atoms with Gasteiger partial charge < -0.3 is 14.4 Å². The van der Waals surface area contributed by atoms with Gasteiger partial charge in [0.2, 0.25) is 0 Å². The number of hydrogen-bond donors (Lipinski definition) is 0. The highest BCUT2D eigenvalue weighted by atomic mass is 16.2. The van der Waals surface area contributed by atoms with Gasteiger partial charge in [-0.3, -0.25) is 9.59 Å². The molecule has 9 nitrogen and oxygen atoms in total. The summed E-state index contributed by atoms with van der Waals surface area (Å²) in [6.07, 6.45) is 5.02. The number of amides is 1. The molecule has 1 amide bonds. The summed E-state index contributed by atoms with van der Waals surface area (Å²) in [5.74, 6) is 1.27. The topological polar surface area (TPSA) is 89.1 Å². The average molecular weight is 379 g/mol. The van der Waals surface area contributed by atoms with E-state index in [1.54, 1.807) is 35.0 Å². The van der Waals surface area contributed by atoms with Crippen LogP contribution < -0.4 is 10.5 Å². The van der Waals surface area contributed by atoms with Crippen molar-refractivity contribution in [2.75, 3.05) is 31.1 Å². The minimum atomic E-state index is -0.273. The average Bonchev–Trinajstić information content (AvgIpc) is 3.16. The monoisotopic (exact) mass is 379 g/mol. The number of piperazine rings is 1. The summed E-state index contributed by atoms with van der Waals surface area (Å²) in [6.45, 7) is 4.24. The molecular formula is C19H21N7O2. The number of rotatable bonds is 3. The predicted octanol–water partition coefficient (Wildman–Crippen LogP) is 0.632. The van der Waals surface area contributed by atoms with Gasteiger partial charge in [-0.2, -0.15) is 5.10 Å². The van der Waals surface area contributed by atoms with Gasteiger partial charge in [0.05, 0.1) is 5.69 Å². The van der Waals surface area contributed by atoms with E-state index >= 15 is 0 Å². The molecule has 28 heavy (non-hydrogen) atoms. The third kappa shape index (κ3) is 3.38. The number of nitrogens with zero attached hydrogens (tertiary/aromatic N) is 7. The van der Waals surface area contributed by atoms with E-state index in [4.69, 9.17) is 0 Å². The van der Waals surface area contributed by atoms with Crippen LogP contribution >= 0.6 is 0 Å². The van der Waals surface area contributed by atoms with Gasteiger partial charge in [-0.15, -0.1) is 0 Å². The molecule has 4 heterocycles. The quantitative estimate of drug-likeness (QED) is 0.663. The minimum Gasteiger partial charge on any atom is -0.353 e. The van der Waals surface area contributed by atoms with E-state index in [-0.39, 0.29) is 17.0 Å². The zero-order valence-electron chi connectivity index (χ0n) is 15.8. The van der Waals surface area contributed by atoms with Crippen LogP contribution in [0.2, 0.25) is 0 Å². The summed E-state index contributed by atoms with van der Waals surface area (Å²) in [4.78, 5) is 37.4. The smallest absolute Gasteiger partial charge is 0.263 e. The standard InChI is InChI=1S/C19H21N7O2/c1-14-5-7-26(22-14)17-12-16(20-13-21-17)24-8-10-25(11-9-24)19(28)15-4-3-6-23(2)18(15)27/h3-7,12-13H,8-11H2,1-2H3. The minimum absolute atomic E-state index is 0.205. The molecule has 144 valence electrons. The molecule has 0 spiro atoms. The van der Waals surface area contributed by atoms with Crippen LogP contribution in [0.3, 0.4) is 0 Å². The van der Waals surface area contributed by atoms with Crippen molar-refractivity contribution in [3.63, 3.8) is 0 Å². The SMILES string of the molecule is Cc1ccn(-c2cc(N3CCN(C(=O)c4cccn(C)c4=O)CC3)ncn2)n1. The predicted molar refractivity (Wildman–Crippen MR) is 104 cm³/mol. The van der Waals surface area contributed by atoms with Gasteiger partial charge in [0, 0.05) is 51.7 Å². The fourth-order valence-corrected chi connectivity index (χ4v) is 3.25. The molecule has 0 saturated carbocycles. The summed E-state index contributed by atoms with van der Waals surface area (Å²) < 4.78 is 3.13. The molecule has 1 aliphatic heterocycles. The van der Waals surface area contributed by atoms with Gasteiger partial charge in [-0.1, -0.05) is 0 Å². The van der Waals surface area contributed by atoms with Crippen molar-refractivity contribution >= 4 is 11.7 Å². The van der Waals surface area contributed by atoms with Crippen LogP contribution in [0, 0.1) is 6.92 Å². The Labute approximate surface area is 161 Å². The first kappa shape index (κ1) is 17.9. The Kier molecular flexibility index (Phi) is 4.64. The van der Waals surface area contributed by atoms with Crippen molar-refractivity contribution in [2.24, 2.45) is 7.05 Å². The number of carbonyl (C=O) groups is 1. The third-order valence-corrected chi connectivity index (χ3v) is 4.84. The maximum Gasteiger partial charge on any atom is 0.263 e. The van der Waals surface area contributed by atoms with Gasteiger partial charge in [-0.05, 0) is 25.1 Å². The van der Waals surface area contributed by atoms with E-state index in [0.717, 1.165) is 11.5 Å². The largest absolute Gasteiger partial charge is 0.353 e. The van der Waals surface area contributed by atoms with Crippen molar-refractivity contribution in [1.29, 1.82) is 0 Å². The molecule has 4 rings (SSSR count). The Morgan fingerprint density at radius 2 is 1.79 bits per heavy atom. The molecule has 1 aliphatic rings. The van der Waals surface area contributed by atoms with Crippen LogP contribution in [0.15, 0.2) is 47.8 Å². The summed E-state index contributed by atoms with van der Waals surface area (Å²) >= 11 is 0. The van der Waals surface area contributed by atoms with E-state index in [0.29, 0.717) is 32.0 Å². The van der Waals surface area contributed by atoms with Crippen molar-refractivity contribution in [3.8, 4) is 5.82 Å². The lowest BCUT2D eigenvalue weighted by Crippen LogP contribution is -2.50. The first-order valence-electron chi connectivity index (χ1n) is 9.07. The first-order chi connectivity index (χ1) is 13.5. The van der Waals surface area contributed by atoms with E-state index in [2.05, 4.69) is 20.0 Å². The lowest BCUT2D eigenvalue weighted by molar-refractivity contribution is 0.0744. The maximum absolute atomic E-state index is 12.7. The van der Waals surface area contributed by atoms with E-state index in [1.807, 2.05) is 25.3 Å². The molecule has 3 aromatic rings. The van der Waals surface area contributed by atoms with Crippen molar-refractivity contribution in [3.05, 3.63) is 64.6 Å². The summed E-state index contributed by atoms with van der Waals surface area (Å²) in [5.41, 5.74) is 0.848. The summed E-state index contributed by atoms with van der Waals surface area (Å²) in [5, 5.41) is 4.37. The van der Waals surface area contributed by atoms with E-state index in [1.165, 1.54) is 10.9 Å². The van der Waals surface area contributed by atoms with Crippen LogP contribution in [0.5, 0.6) is 0 Å². The zero-order valence-corrected chi connectivity index (χ0v) is 15.8. The Morgan fingerprint density at radius 1 is 1.04 bits per heavy atom.